The lowest BCUT2D eigenvalue weighted by molar-refractivity contribution is -0.119. The minimum absolute atomic E-state index is 0. The summed E-state index contributed by atoms with van der Waals surface area (Å²) >= 11 is 0. The average molecular weight is 502 g/mol. The number of benzene rings is 1. The van der Waals surface area contributed by atoms with Gasteiger partial charge in [-0.15, -0.1) is 24.0 Å². The minimum atomic E-state index is -0.251. The van der Waals surface area contributed by atoms with Crippen LogP contribution in [0, 0.1) is 12.8 Å². The van der Waals surface area contributed by atoms with E-state index in [-0.39, 0.29) is 35.5 Å². The van der Waals surface area contributed by atoms with Crippen LogP contribution in [0.3, 0.4) is 0 Å². The second kappa shape index (κ2) is 10.9. The van der Waals surface area contributed by atoms with E-state index < -0.39 is 0 Å². The Balaban J connectivity index is 0.00000392. The summed E-state index contributed by atoms with van der Waals surface area (Å²) < 4.78 is 6.14. The lowest BCUT2D eigenvalue weighted by Gasteiger charge is -2.34. The normalized spacial score (nSPS) is 17.7. The number of nitrogens with one attached hydrogen (secondary N) is 1. The van der Waals surface area contributed by atoms with Gasteiger partial charge in [0.05, 0.1) is 0 Å². The number of likely N-dealkylation sites (tertiary alicyclic amines) is 1. The van der Waals surface area contributed by atoms with E-state index in [4.69, 9.17) is 10.5 Å². The fraction of sp³-hybridized carbons (Fsp3) is 0.619. The highest BCUT2D eigenvalue weighted by atomic mass is 127. The average Bonchev–Trinajstić information content (AvgIpc) is 2.55. The van der Waals surface area contributed by atoms with Crippen LogP contribution in [0.25, 0.3) is 0 Å². The van der Waals surface area contributed by atoms with Crippen molar-refractivity contribution in [1.29, 1.82) is 0 Å². The third kappa shape index (κ3) is 7.85. The van der Waals surface area contributed by atoms with Gasteiger partial charge >= 0.3 is 0 Å². The summed E-state index contributed by atoms with van der Waals surface area (Å²) in [7, 11) is 1.79. The lowest BCUT2D eigenvalue weighted by Crippen LogP contribution is -2.47. The van der Waals surface area contributed by atoms with Gasteiger partial charge in [0.15, 0.2) is 5.96 Å². The van der Waals surface area contributed by atoms with Crippen molar-refractivity contribution in [3.05, 3.63) is 29.3 Å². The molecule has 1 atom stereocenters. The Bertz CT molecular complexity index is 685. The predicted octanol–water partition coefficient (Wildman–Crippen LogP) is 3.45. The largest absolute Gasteiger partial charge is 0.488 e. The summed E-state index contributed by atoms with van der Waals surface area (Å²) in [5.41, 5.74) is 7.40. The Morgan fingerprint density at radius 3 is 2.71 bits per heavy atom. The van der Waals surface area contributed by atoms with Crippen molar-refractivity contribution in [2.45, 2.75) is 59.1 Å². The van der Waals surface area contributed by atoms with Gasteiger partial charge in [-0.05, 0) is 58.1 Å². The topological polar surface area (TPSA) is 80.0 Å². The van der Waals surface area contributed by atoms with E-state index in [0.717, 1.165) is 43.2 Å². The third-order valence-corrected chi connectivity index (χ3v) is 4.60. The molecule has 1 amide bonds. The molecule has 158 valence electrons. The molecule has 1 aliphatic heterocycles. The van der Waals surface area contributed by atoms with Crippen LogP contribution >= 0.6 is 24.0 Å². The van der Waals surface area contributed by atoms with Gasteiger partial charge in [-0.2, -0.15) is 0 Å². The van der Waals surface area contributed by atoms with Gasteiger partial charge in [-0.3, -0.25) is 9.79 Å². The summed E-state index contributed by atoms with van der Waals surface area (Å²) in [6, 6.07) is 6.27. The first-order chi connectivity index (χ1) is 12.7. The lowest BCUT2D eigenvalue weighted by atomic mass is 9.95. The molecular formula is C21H35IN4O2. The number of nitrogens with two attached hydrogens (primary N) is 1. The Morgan fingerprint density at radius 1 is 1.39 bits per heavy atom. The van der Waals surface area contributed by atoms with Gasteiger partial charge < -0.3 is 20.7 Å². The highest BCUT2D eigenvalue weighted by molar-refractivity contribution is 14.0. The van der Waals surface area contributed by atoms with E-state index in [1.807, 2.05) is 0 Å². The minimum Gasteiger partial charge on any atom is -0.488 e. The van der Waals surface area contributed by atoms with Crippen LogP contribution in [-0.2, 0) is 11.3 Å². The van der Waals surface area contributed by atoms with E-state index in [9.17, 15) is 4.79 Å². The van der Waals surface area contributed by atoms with Crippen LogP contribution in [0.4, 0.5) is 0 Å². The number of guanidine groups is 1. The number of nitrogens with zero attached hydrogens (tertiary/aromatic N) is 2. The van der Waals surface area contributed by atoms with Crippen LogP contribution in [0.15, 0.2) is 23.2 Å². The molecule has 0 aromatic heterocycles. The standard InChI is InChI=1S/C21H34N4O2.HI/c1-15-8-9-17(18(11-15)27-21(2,3)4)13-24-20(23-5)25-10-6-7-16(14-25)12-19(22)26;/h8-9,11,16H,6-7,10,12-14H2,1-5H3,(H2,22,26)(H,23,24);1H. The number of aryl methyl sites for hydroxylation is 1. The molecule has 1 aliphatic rings. The maximum absolute atomic E-state index is 11.2. The first-order valence-corrected chi connectivity index (χ1v) is 9.70. The molecule has 28 heavy (non-hydrogen) atoms. The summed E-state index contributed by atoms with van der Waals surface area (Å²) in [6.07, 6.45) is 2.52. The predicted molar refractivity (Wildman–Crippen MR) is 125 cm³/mol. The molecular weight excluding hydrogens is 467 g/mol. The Labute approximate surface area is 186 Å². The number of hydrogen-bond donors (Lipinski definition) is 2. The molecule has 1 aromatic carbocycles. The molecule has 1 fully saturated rings. The molecule has 0 aliphatic carbocycles. The first kappa shape index (κ1) is 24.5. The van der Waals surface area contributed by atoms with Gasteiger partial charge in [-0.25, -0.2) is 0 Å². The fourth-order valence-electron chi connectivity index (χ4n) is 3.45. The number of primary amides is 1. The SMILES string of the molecule is CN=C(NCc1ccc(C)cc1OC(C)(C)C)N1CCCC(CC(N)=O)C1.I. The van der Waals surface area contributed by atoms with Crippen molar-refractivity contribution in [3.63, 3.8) is 0 Å². The second-order valence-corrected chi connectivity index (χ2v) is 8.35. The summed E-state index contributed by atoms with van der Waals surface area (Å²) in [5, 5.41) is 3.45. The van der Waals surface area contributed by atoms with Crippen molar-refractivity contribution in [2.75, 3.05) is 20.1 Å². The molecule has 6 nitrogen and oxygen atoms in total. The highest BCUT2D eigenvalue weighted by Gasteiger charge is 2.24. The summed E-state index contributed by atoms with van der Waals surface area (Å²) in [4.78, 5) is 17.9. The van der Waals surface area contributed by atoms with Crippen LogP contribution in [-0.4, -0.2) is 42.5 Å². The number of hydrogen-bond acceptors (Lipinski definition) is 3. The van der Waals surface area contributed by atoms with Crippen LogP contribution in [0.5, 0.6) is 5.75 Å². The van der Waals surface area contributed by atoms with E-state index in [1.54, 1.807) is 7.05 Å². The zero-order valence-electron chi connectivity index (χ0n) is 17.7. The van der Waals surface area contributed by atoms with Crippen LogP contribution < -0.4 is 15.8 Å². The number of rotatable bonds is 5. The number of carbonyl (C=O) groups is 1. The first-order valence-electron chi connectivity index (χ1n) is 9.70. The smallest absolute Gasteiger partial charge is 0.217 e. The zero-order valence-corrected chi connectivity index (χ0v) is 20.1. The molecule has 2 rings (SSSR count). The van der Waals surface area contributed by atoms with Crippen LogP contribution in [0.1, 0.15) is 51.2 Å². The molecule has 1 aromatic rings. The molecule has 1 saturated heterocycles. The number of carbonyl (C=O) groups excluding carboxylic acids is 1. The molecule has 0 radical (unpaired) electrons. The number of aliphatic imine (C=N–C) groups is 1. The number of amides is 1. The Morgan fingerprint density at radius 2 is 2.11 bits per heavy atom. The van der Waals surface area contributed by atoms with Crippen molar-refractivity contribution in [1.82, 2.24) is 10.2 Å². The monoisotopic (exact) mass is 502 g/mol. The van der Waals surface area contributed by atoms with Crippen molar-refractivity contribution in [3.8, 4) is 5.75 Å². The van der Waals surface area contributed by atoms with Gasteiger partial charge in [0, 0.05) is 38.7 Å². The molecule has 7 heteroatoms. The summed E-state index contributed by atoms with van der Waals surface area (Å²) in [6.45, 7) is 10.6. The number of ether oxygens (including phenoxy) is 1. The Hall–Kier alpha value is -1.51. The number of halogens is 1. The van der Waals surface area contributed by atoms with Crippen LogP contribution in [0.2, 0.25) is 0 Å². The van der Waals surface area contributed by atoms with Crippen molar-refractivity contribution in [2.24, 2.45) is 16.6 Å². The molecule has 1 heterocycles. The third-order valence-electron chi connectivity index (χ3n) is 4.60. The molecule has 1 unspecified atom stereocenters. The molecule has 3 N–H and O–H groups in total. The summed E-state index contributed by atoms with van der Waals surface area (Å²) in [5.74, 6) is 1.82. The van der Waals surface area contributed by atoms with Crippen molar-refractivity contribution < 1.29 is 9.53 Å². The maximum Gasteiger partial charge on any atom is 0.217 e. The van der Waals surface area contributed by atoms with Gasteiger partial charge in [0.25, 0.3) is 0 Å². The zero-order chi connectivity index (χ0) is 20.0. The second-order valence-electron chi connectivity index (χ2n) is 8.35. The molecule has 0 bridgehead atoms. The Kier molecular flexibility index (Phi) is 9.53. The fourth-order valence-corrected chi connectivity index (χ4v) is 3.45. The van der Waals surface area contributed by atoms with E-state index in [2.05, 4.69) is 61.1 Å². The molecule has 0 saturated carbocycles. The maximum atomic E-state index is 11.2. The van der Waals surface area contributed by atoms with E-state index in [1.165, 1.54) is 5.56 Å². The number of piperidine rings is 1. The van der Waals surface area contributed by atoms with E-state index in [0.29, 0.717) is 18.9 Å². The van der Waals surface area contributed by atoms with Gasteiger partial charge in [0.2, 0.25) is 5.91 Å². The quantitative estimate of drug-likeness (QED) is 0.367. The molecule has 0 spiro atoms. The van der Waals surface area contributed by atoms with Crippen molar-refractivity contribution >= 4 is 35.8 Å². The highest BCUT2D eigenvalue weighted by Crippen LogP contribution is 2.25. The van der Waals surface area contributed by atoms with E-state index >= 15 is 0 Å². The van der Waals surface area contributed by atoms with Gasteiger partial charge in [0.1, 0.15) is 11.4 Å². The van der Waals surface area contributed by atoms with Gasteiger partial charge in [-0.1, -0.05) is 12.1 Å².